The standard InChI is InChI=1S/C18H14ClFN2O4/c1-25-15-8-11(7-14-17(23)22-18(24)21-14)6-13(19)16(15)26-9-10-3-2-4-12(20)5-10/h2-8H,9H2,1H3,(H2,21,22,23,24). The molecule has 1 aliphatic rings. The molecule has 1 fully saturated rings. The predicted octanol–water partition coefficient (Wildman–Crippen LogP) is 3.25. The first kappa shape index (κ1) is 17.8. The van der Waals surface area contributed by atoms with Crippen LogP contribution in [-0.2, 0) is 11.4 Å². The van der Waals surface area contributed by atoms with E-state index in [2.05, 4.69) is 10.6 Å². The summed E-state index contributed by atoms with van der Waals surface area (Å²) >= 11 is 6.27. The van der Waals surface area contributed by atoms with Gasteiger partial charge in [-0.15, -0.1) is 0 Å². The van der Waals surface area contributed by atoms with E-state index in [0.29, 0.717) is 22.6 Å². The minimum Gasteiger partial charge on any atom is -0.493 e. The lowest BCUT2D eigenvalue weighted by atomic mass is 10.1. The number of ether oxygens (including phenoxy) is 2. The molecule has 6 nitrogen and oxygen atoms in total. The number of methoxy groups -OCH3 is 1. The Labute approximate surface area is 153 Å². The van der Waals surface area contributed by atoms with E-state index in [-0.39, 0.29) is 23.1 Å². The molecule has 2 aromatic carbocycles. The lowest BCUT2D eigenvalue weighted by Gasteiger charge is -2.13. The Balaban J connectivity index is 1.84. The van der Waals surface area contributed by atoms with Crippen molar-refractivity contribution in [2.24, 2.45) is 0 Å². The van der Waals surface area contributed by atoms with E-state index in [0.717, 1.165) is 0 Å². The van der Waals surface area contributed by atoms with Gasteiger partial charge in [-0.1, -0.05) is 23.7 Å². The third-order valence-corrected chi connectivity index (χ3v) is 3.84. The maximum Gasteiger partial charge on any atom is 0.326 e. The number of nitrogens with one attached hydrogen (secondary N) is 2. The summed E-state index contributed by atoms with van der Waals surface area (Å²) in [5, 5.41) is 4.74. The van der Waals surface area contributed by atoms with Crippen LogP contribution < -0.4 is 20.1 Å². The Bertz CT molecular complexity index is 914. The molecule has 8 heteroatoms. The minimum atomic E-state index is -0.589. The van der Waals surface area contributed by atoms with Crippen molar-refractivity contribution in [2.75, 3.05) is 7.11 Å². The third-order valence-electron chi connectivity index (χ3n) is 3.55. The van der Waals surface area contributed by atoms with Gasteiger partial charge in [-0.05, 0) is 41.5 Å². The summed E-state index contributed by atoms with van der Waals surface area (Å²) in [7, 11) is 1.45. The molecular weight excluding hydrogens is 363 g/mol. The number of benzene rings is 2. The number of carbonyl (C=O) groups excluding carboxylic acids is 2. The lowest BCUT2D eigenvalue weighted by Crippen LogP contribution is -2.22. The van der Waals surface area contributed by atoms with Gasteiger partial charge in [0.25, 0.3) is 5.91 Å². The molecule has 134 valence electrons. The molecule has 1 heterocycles. The first-order valence-electron chi connectivity index (χ1n) is 7.55. The predicted molar refractivity (Wildman–Crippen MR) is 93.4 cm³/mol. The normalized spacial score (nSPS) is 15.0. The van der Waals surface area contributed by atoms with Gasteiger partial charge in [0.1, 0.15) is 18.1 Å². The molecule has 1 aliphatic heterocycles. The van der Waals surface area contributed by atoms with Crippen molar-refractivity contribution < 1.29 is 23.5 Å². The van der Waals surface area contributed by atoms with Crippen molar-refractivity contribution in [1.29, 1.82) is 0 Å². The number of imide groups is 1. The van der Waals surface area contributed by atoms with Crippen LogP contribution in [0.15, 0.2) is 42.1 Å². The molecule has 0 spiro atoms. The van der Waals surface area contributed by atoms with Crippen LogP contribution in [0.4, 0.5) is 9.18 Å². The van der Waals surface area contributed by atoms with E-state index in [9.17, 15) is 14.0 Å². The van der Waals surface area contributed by atoms with Gasteiger partial charge in [0.15, 0.2) is 11.5 Å². The van der Waals surface area contributed by atoms with Crippen molar-refractivity contribution in [3.63, 3.8) is 0 Å². The average molecular weight is 377 g/mol. The van der Waals surface area contributed by atoms with Gasteiger partial charge in [-0.2, -0.15) is 0 Å². The number of amides is 3. The summed E-state index contributed by atoms with van der Waals surface area (Å²) in [6, 6.07) is 8.60. The topological polar surface area (TPSA) is 76.7 Å². The zero-order valence-corrected chi connectivity index (χ0v) is 14.4. The maximum atomic E-state index is 13.2. The summed E-state index contributed by atoms with van der Waals surface area (Å²) in [5.41, 5.74) is 1.28. The SMILES string of the molecule is COc1cc(C=C2NC(=O)NC2=O)cc(Cl)c1OCc1cccc(F)c1. The van der Waals surface area contributed by atoms with Gasteiger partial charge in [-0.25, -0.2) is 9.18 Å². The molecule has 0 aliphatic carbocycles. The first-order valence-corrected chi connectivity index (χ1v) is 7.93. The fraction of sp³-hybridized carbons (Fsp3) is 0.111. The Kier molecular flexibility index (Phi) is 5.09. The van der Waals surface area contributed by atoms with Crippen LogP contribution in [-0.4, -0.2) is 19.0 Å². The molecule has 1 saturated heterocycles. The van der Waals surface area contributed by atoms with Crippen LogP contribution >= 0.6 is 11.6 Å². The van der Waals surface area contributed by atoms with Crippen molar-refractivity contribution in [3.05, 3.63) is 64.1 Å². The van der Waals surface area contributed by atoms with Crippen molar-refractivity contribution in [2.45, 2.75) is 6.61 Å². The zero-order valence-electron chi connectivity index (χ0n) is 13.6. The second-order valence-electron chi connectivity index (χ2n) is 5.42. The molecule has 0 unspecified atom stereocenters. The Morgan fingerprint density at radius 3 is 2.65 bits per heavy atom. The van der Waals surface area contributed by atoms with Crippen LogP contribution in [0.5, 0.6) is 11.5 Å². The average Bonchev–Trinajstić information content (AvgIpc) is 2.90. The molecular formula is C18H14ClFN2O4. The largest absolute Gasteiger partial charge is 0.493 e. The summed E-state index contributed by atoms with van der Waals surface area (Å²) in [5.74, 6) is -0.259. The number of hydrogen-bond acceptors (Lipinski definition) is 4. The van der Waals surface area contributed by atoms with Crippen LogP contribution in [0, 0.1) is 5.82 Å². The highest BCUT2D eigenvalue weighted by atomic mass is 35.5. The van der Waals surface area contributed by atoms with E-state index in [1.165, 1.54) is 25.3 Å². The third kappa shape index (κ3) is 3.94. The monoisotopic (exact) mass is 376 g/mol. The zero-order chi connectivity index (χ0) is 18.7. The molecule has 0 saturated carbocycles. The van der Waals surface area contributed by atoms with Gasteiger partial charge >= 0.3 is 6.03 Å². The molecule has 0 bridgehead atoms. The maximum absolute atomic E-state index is 13.2. The summed E-state index contributed by atoms with van der Waals surface area (Å²) < 4.78 is 24.2. The van der Waals surface area contributed by atoms with E-state index >= 15 is 0 Å². The van der Waals surface area contributed by atoms with Crippen LogP contribution in [0.1, 0.15) is 11.1 Å². The highest BCUT2D eigenvalue weighted by molar-refractivity contribution is 6.32. The summed E-state index contributed by atoms with van der Waals surface area (Å²) in [6.45, 7) is 0.104. The number of urea groups is 1. The van der Waals surface area contributed by atoms with Crippen molar-refractivity contribution in [3.8, 4) is 11.5 Å². The lowest BCUT2D eigenvalue weighted by molar-refractivity contribution is -0.115. The molecule has 2 N–H and O–H groups in total. The molecule has 3 amide bonds. The van der Waals surface area contributed by atoms with Gasteiger partial charge in [0.05, 0.1) is 12.1 Å². The second kappa shape index (κ2) is 7.45. The quantitative estimate of drug-likeness (QED) is 0.620. The molecule has 3 rings (SSSR count). The van der Waals surface area contributed by atoms with Crippen LogP contribution in [0.25, 0.3) is 6.08 Å². The van der Waals surface area contributed by atoms with Gasteiger partial charge < -0.3 is 14.8 Å². The molecule has 26 heavy (non-hydrogen) atoms. The Morgan fingerprint density at radius 1 is 1.19 bits per heavy atom. The van der Waals surface area contributed by atoms with E-state index in [1.807, 2.05) is 0 Å². The molecule has 2 aromatic rings. The van der Waals surface area contributed by atoms with Crippen LogP contribution in [0.2, 0.25) is 5.02 Å². The van der Waals surface area contributed by atoms with Crippen molar-refractivity contribution >= 4 is 29.6 Å². The number of rotatable bonds is 5. The highest BCUT2D eigenvalue weighted by Gasteiger charge is 2.23. The van der Waals surface area contributed by atoms with Gasteiger partial charge in [-0.3, -0.25) is 10.1 Å². The summed E-state index contributed by atoms with van der Waals surface area (Å²) in [4.78, 5) is 22.8. The summed E-state index contributed by atoms with van der Waals surface area (Å²) in [6.07, 6.45) is 1.46. The van der Waals surface area contributed by atoms with E-state index < -0.39 is 11.9 Å². The fourth-order valence-electron chi connectivity index (χ4n) is 2.39. The fourth-order valence-corrected chi connectivity index (χ4v) is 2.67. The minimum absolute atomic E-state index is 0.0987. The van der Waals surface area contributed by atoms with Gasteiger partial charge in [0.2, 0.25) is 0 Å². The van der Waals surface area contributed by atoms with E-state index in [1.54, 1.807) is 24.3 Å². The smallest absolute Gasteiger partial charge is 0.326 e. The Morgan fingerprint density at radius 2 is 2.00 bits per heavy atom. The van der Waals surface area contributed by atoms with E-state index in [4.69, 9.17) is 21.1 Å². The second-order valence-corrected chi connectivity index (χ2v) is 5.83. The number of halogens is 2. The Hall–Kier alpha value is -3.06. The first-order chi connectivity index (χ1) is 12.5. The van der Waals surface area contributed by atoms with Crippen LogP contribution in [0.3, 0.4) is 0 Å². The molecule has 0 atom stereocenters. The number of hydrogen-bond donors (Lipinski definition) is 2. The molecule has 0 aromatic heterocycles. The molecule has 0 radical (unpaired) electrons. The van der Waals surface area contributed by atoms with Gasteiger partial charge in [0, 0.05) is 0 Å². The van der Waals surface area contributed by atoms with Crippen molar-refractivity contribution in [1.82, 2.24) is 10.6 Å². The highest BCUT2D eigenvalue weighted by Crippen LogP contribution is 2.37. The number of carbonyl (C=O) groups is 2.